The third-order valence-electron chi connectivity index (χ3n) is 4.93. The van der Waals surface area contributed by atoms with Crippen molar-refractivity contribution in [2.24, 2.45) is 4.99 Å². The fraction of sp³-hybridized carbons (Fsp3) is 0.333. The number of guanidine groups is 1. The van der Waals surface area contributed by atoms with Crippen LogP contribution < -0.4 is 10.6 Å². The summed E-state index contributed by atoms with van der Waals surface area (Å²) in [4.78, 5) is 25.1. The van der Waals surface area contributed by atoms with Crippen LogP contribution in [0.25, 0.3) is 10.9 Å². The number of para-hydroxylation sites is 1. The Hall–Kier alpha value is -3.08. The van der Waals surface area contributed by atoms with Gasteiger partial charge < -0.3 is 26.7 Å². The number of aryl methyl sites for hydroxylation is 1. The molecule has 0 radical (unpaired) electrons. The molecule has 2 heterocycles. The Kier molecular flexibility index (Phi) is 8.43. The van der Waals surface area contributed by atoms with Crippen LogP contribution in [0.2, 0.25) is 0 Å². The minimum atomic E-state index is -0.981. The standard InChI is InChI=1S/C21H23N5O2S.2H2O/c1-13-11-17(15-9-5-6-10-16(15)23-13)25-20(24-14-7-3-2-4-8-14)26-21-22-12-18(29-21)19(27)28;;/h5-6,9-12,14H,2-4,7-8H2,1H3,(H,27,28)(H2,22,23,24,25,26);2*1H2. The Bertz CT molecular complexity index is 1060. The molecule has 1 fully saturated rings. The van der Waals surface area contributed by atoms with E-state index in [4.69, 9.17) is 10.1 Å². The van der Waals surface area contributed by atoms with Crippen LogP contribution in [0.4, 0.5) is 10.8 Å². The van der Waals surface area contributed by atoms with Gasteiger partial charge in [-0.25, -0.2) is 14.8 Å². The van der Waals surface area contributed by atoms with Gasteiger partial charge in [0.25, 0.3) is 0 Å². The highest BCUT2D eigenvalue weighted by molar-refractivity contribution is 7.17. The Balaban J connectivity index is 0.00000171. The van der Waals surface area contributed by atoms with E-state index in [9.17, 15) is 4.79 Å². The van der Waals surface area contributed by atoms with Crippen molar-refractivity contribution >= 4 is 45.0 Å². The van der Waals surface area contributed by atoms with Gasteiger partial charge in [-0.15, -0.1) is 0 Å². The lowest BCUT2D eigenvalue weighted by atomic mass is 9.96. The van der Waals surface area contributed by atoms with Gasteiger partial charge in [0.15, 0.2) is 5.13 Å². The highest BCUT2D eigenvalue weighted by atomic mass is 32.1. The van der Waals surface area contributed by atoms with Crippen LogP contribution in [-0.4, -0.2) is 44.0 Å². The second-order valence-corrected chi connectivity index (χ2v) is 8.21. The summed E-state index contributed by atoms with van der Waals surface area (Å²) in [7, 11) is 0. The van der Waals surface area contributed by atoms with Crippen LogP contribution in [-0.2, 0) is 0 Å². The summed E-state index contributed by atoms with van der Waals surface area (Å²) in [5.41, 5.74) is 2.73. The number of nitrogens with one attached hydrogen (secondary N) is 2. The van der Waals surface area contributed by atoms with Crippen molar-refractivity contribution in [1.82, 2.24) is 9.97 Å². The number of nitrogens with zero attached hydrogens (tertiary/aromatic N) is 3. The molecular formula is C21H27N5O4S. The number of hydrogen-bond acceptors (Lipinski definition) is 5. The number of aliphatic imine (C=N–C) groups is 1. The molecule has 0 spiro atoms. The molecule has 1 aromatic carbocycles. The summed E-state index contributed by atoms with van der Waals surface area (Å²) < 4.78 is 0. The molecule has 1 saturated carbocycles. The summed E-state index contributed by atoms with van der Waals surface area (Å²) >= 11 is 1.09. The smallest absolute Gasteiger partial charge is 0.347 e. The monoisotopic (exact) mass is 445 g/mol. The molecule has 0 amide bonds. The highest BCUT2D eigenvalue weighted by Gasteiger charge is 2.16. The topological polar surface area (TPSA) is 162 Å². The molecule has 0 unspecified atom stereocenters. The van der Waals surface area contributed by atoms with Gasteiger partial charge in [-0.05, 0) is 31.9 Å². The lowest BCUT2D eigenvalue weighted by Crippen LogP contribution is -2.25. The van der Waals surface area contributed by atoms with Crippen molar-refractivity contribution in [2.45, 2.75) is 45.1 Å². The van der Waals surface area contributed by atoms with E-state index in [1.165, 1.54) is 25.5 Å². The third kappa shape index (κ3) is 5.97. The van der Waals surface area contributed by atoms with Crippen molar-refractivity contribution in [3.63, 3.8) is 0 Å². The minimum absolute atomic E-state index is 0. The zero-order valence-electron chi connectivity index (χ0n) is 17.2. The van der Waals surface area contributed by atoms with Crippen LogP contribution >= 0.6 is 11.3 Å². The van der Waals surface area contributed by atoms with Crippen LogP contribution in [0.15, 0.2) is 41.5 Å². The molecule has 0 aliphatic heterocycles. The number of thiazole rings is 1. The maximum absolute atomic E-state index is 11.2. The first-order valence-electron chi connectivity index (χ1n) is 9.76. The number of aromatic carboxylic acids is 1. The van der Waals surface area contributed by atoms with E-state index in [0.717, 1.165) is 46.5 Å². The Labute approximate surface area is 183 Å². The lowest BCUT2D eigenvalue weighted by molar-refractivity contribution is 0.0702. The predicted molar refractivity (Wildman–Crippen MR) is 124 cm³/mol. The Morgan fingerprint density at radius 3 is 2.61 bits per heavy atom. The largest absolute Gasteiger partial charge is 0.477 e. The number of benzene rings is 1. The first-order chi connectivity index (χ1) is 14.1. The van der Waals surface area contributed by atoms with Crippen LogP contribution in [0.1, 0.15) is 47.5 Å². The fourth-order valence-corrected chi connectivity index (χ4v) is 4.21. The fourth-order valence-electron chi connectivity index (χ4n) is 3.56. The summed E-state index contributed by atoms with van der Waals surface area (Å²) in [6.45, 7) is 1.96. The van der Waals surface area contributed by atoms with Gasteiger partial charge in [-0.1, -0.05) is 48.8 Å². The number of hydrogen-bond donors (Lipinski definition) is 3. The maximum atomic E-state index is 11.2. The molecule has 0 saturated heterocycles. The molecule has 0 bridgehead atoms. The van der Waals surface area contributed by atoms with Crippen molar-refractivity contribution in [3.05, 3.63) is 47.1 Å². The van der Waals surface area contributed by atoms with Crippen molar-refractivity contribution in [2.75, 3.05) is 10.6 Å². The molecule has 10 heteroatoms. The van der Waals surface area contributed by atoms with Gasteiger partial charge in [-0.2, -0.15) is 0 Å². The van der Waals surface area contributed by atoms with Gasteiger partial charge in [0.2, 0.25) is 5.96 Å². The molecule has 1 aliphatic carbocycles. The molecule has 0 atom stereocenters. The quantitative estimate of drug-likeness (QED) is 0.412. The average molecular weight is 446 g/mol. The number of carboxylic acids is 1. The number of aromatic nitrogens is 2. The van der Waals surface area contributed by atoms with E-state index < -0.39 is 5.97 Å². The number of carbonyl (C=O) groups is 1. The van der Waals surface area contributed by atoms with E-state index in [2.05, 4.69) is 20.6 Å². The molecule has 31 heavy (non-hydrogen) atoms. The molecule has 1 aliphatic rings. The maximum Gasteiger partial charge on any atom is 0.347 e. The summed E-state index contributed by atoms with van der Waals surface area (Å²) in [5, 5.41) is 17.3. The number of anilines is 2. The highest BCUT2D eigenvalue weighted by Crippen LogP contribution is 2.25. The number of pyridine rings is 1. The zero-order valence-corrected chi connectivity index (χ0v) is 18.0. The Morgan fingerprint density at radius 1 is 1.16 bits per heavy atom. The second kappa shape index (κ2) is 10.8. The minimum Gasteiger partial charge on any atom is -0.477 e. The number of carboxylic acid groups (broad SMARTS) is 1. The van der Waals surface area contributed by atoms with E-state index in [0.29, 0.717) is 11.1 Å². The van der Waals surface area contributed by atoms with Crippen molar-refractivity contribution in [1.29, 1.82) is 0 Å². The van der Waals surface area contributed by atoms with Gasteiger partial charge in [0.1, 0.15) is 4.88 Å². The summed E-state index contributed by atoms with van der Waals surface area (Å²) in [6, 6.07) is 10.2. The van der Waals surface area contributed by atoms with Gasteiger partial charge in [0.05, 0.1) is 23.4 Å². The molecule has 2 aromatic heterocycles. The van der Waals surface area contributed by atoms with E-state index in [1.807, 2.05) is 37.3 Å². The lowest BCUT2D eigenvalue weighted by Gasteiger charge is -2.20. The SMILES string of the molecule is Cc1cc(NC(=NC2CCCCC2)Nc2ncc(C(=O)O)s2)c2ccccc2n1.O.O. The average Bonchev–Trinajstić information content (AvgIpc) is 3.17. The molecular weight excluding hydrogens is 418 g/mol. The van der Waals surface area contributed by atoms with Crippen LogP contribution in [0.3, 0.4) is 0 Å². The number of rotatable bonds is 4. The normalized spacial score (nSPS) is 14.4. The molecule has 4 rings (SSSR count). The number of fused-ring (bicyclic) bond motifs is 1. The van der Waals surface area contributed by atoms with Crippen molar-refractivity contribution in [3.8, 4) is 0 Å². The second-order valence-electron chi connectivity index (χ2n) is 7.18. The Morgan fingerprint density at radius 2 is 1.90 bits per heavy atom. The van der Waals surface area contributed by atoms with Crippen molar-refractivity contribution < 1.29 is 20.9 Å². The van der Waals surface area contributed by atoms with Gasteiger partial charge in [0, 0.05) is 11.1 Å². The first-order valence-corrected chi connectivity index (χ1v) is 10.6. The van der Waals surface area contributed by atoms with E-state index in [1.54, 1.807) is 0 Å². The summed E-state index contributed by atoms with van der Waals surface area (Å²) in [5.74, 6) is -0.399. The van der Waals surface area contributed by atoms with Crippen LogP contribution in [0, 0.1) is 6.92 Å². The third-order valence-corrected chi connectivity index (χ3v) is 5.83. The molecule has 7 N–H and O–H groups in total. The van der Waals surface area contributed by atoms with E-state index >= 15 is 0 Å². The predicted octanol–water partition coefficient (Wildman–Crippen LogP) is 3.26. The van der Waals surface area contributed by atoms with Crippen LogP contribution in [0.5, 0.6) is 0 Å². The molecule has 3 aromatic rings. The van der Waals surface area contributed by atoms with Gasteiger partial charge >= 0.3 is 5.97 Å². The molecule has 166 valence electrons. The first kappa shape index (κ1) is 24.2. The summed E-state index contributed by atoms with van der Waals surface area (Å²) in [6.07, 6.45) is 7.09. The zero-order chi connectivity index (χ0) is 20.2. The molecule has 9 nitrogen and oxygen atoms in total. The van der Waals surface area contributed by atoms with E-state index in [-0.39, 0.29) is 21.9 Å². The van der Waals surface area contributed by atoms with Gasteiger partial charge in [-0.3, -0.25) is 4.98 Å².